The zero-order chi connectivity index (χ0) is 31.4. The van der Waals surface area contributed by atoms with Gasteiger partial charge >= 0.3 is 35.0 Å². The summed E-state index contributed by atoms with van der Waals surface area (Å²) >= 11 is 0. The summed E-state index contributed by atoms with van der Waals surface area (Å²) < 4.78 is 10.0. The number of hydrogen-bond acceptors (Lipinski definition) is 5. The first-order valence-corrected chi connectivity index (χ1v) is 14.8. The summed E-state index contributed by atoms with van der Waals surface area (Å²) in [6.07, 6.45) is 8.95. The van der Waals surface area contributed by atoms with E-state index in [2.05, 4.69) is 20.4 Å². The van der Waals surface area contributed by atoms with E-state index in [4.69, 9.17) is 29.7 Å². The molecule has 3 aromatic rings. The van der Waals surface area contributed by atoms with Crippen molar-refractivity contribution in [1.29, 1.82) is 0 Å². The Kier molecular flexibility index (Phi) is 8.92. The molecule has 8 bridgehead atoms. The van der Waals surface area contributed by atoms with Gasteiger partial charge in [-0.1, -0.05) is 73.1 Å². The molecule has 6 rings (SSSR count). The molecule has 0 radical (unpaired) electrons. The molecule has 5 heterocycles. The van der Waals surface area contributed by atoms with Gasteiger partial charge in [-0.3, -0.25) is 14.4 Å². The monoisotopic (exact) mass is 614 g/mol. The molecule has 0 amide bonds. The van der Waals surface area contributed by atoms with Crippen molar-refractivity contribution in [3.8, 4) is 0 Å². The second kappa shape index (κ2) is 12.4. The van der Waals surface area contributed by atoms with Crippen LogP contribution in [0.4, 0.5) is 0 Å². The number of esters is 2. The van der Waals surface area contributed by atoms with Crippen LogP contribution in [-0.4, -0.2) is 55.0 Å². The maximum Gasteiger partial charge on any atom is 2.00 e. The first kappa shape index (κ1) is 32.4. The van der Waals surface area contributed by atoms with E-state index in [1.807, 2.05) is 32.1 Å². The summed E-state index contributed by atoms with van der Waals surface area (Å²) in [4.78, 5) is 54.0. The quantitative estimate of drug-likeness (QED) is 0.235. The van der Waals surface area contributed by atoms with Crippen LogP contribution in [0.3, 0.4) is 0 Å². The molecular formula is C35H34MgN4O5-2. The largest absolute Gasteiger partial charge is 2.00 e. The van der Waals surface area contributed by atoms with Crippen molar-refractivity contribution in [2.24, 2.45) is 17.8 Å². The Hall–Kier alpha value is -4.02. The van der Waals surface area contributed by atoms with Crippen molar-refractivity contribution in [3.05, 3.63) is 90.6 Å². The maximum atomic E-state index is 13.8. The van der Waals surface area contributed by atoms with Gasteiger partial charge in [0.15, 0.2) is 5.78 Å². The predicted molar refractivity (Wildman–Crippen MR) is 172 cm³/mol. The van der Waals surface area contributed by atoms with Gasteiger partial charge in [0.1, 0.15) is 5.92 Å². The number of allylic oxidation sites excluding steroid dienone is 2. The van der Waals surface area contributed by atoms with Crippen LogP contribution in [0.2, 0.25) is 0 Å². The minimum absolute atomic E-state index is 0. The van der Waals surface area contributed by atoms with E-state index in [-0.39, 0.29) is 53.1 Å². The molecule has 9 nitrogen and oxygen atoms in total. The van der Waals surface area contributed by atoms with E-state index in [1.54, 1.807) is 12.1 Å². The number of fused-ring (bicyclic) bond motifs is 7. The number of rotatable bonds is 6. The Bertz CT molecular complexity index is 1940. The van der Waals surface area contributed by atoms with Crippen LogP contribution < -0.4 is 25.7 Å². The van der Waals surface area contributed by atoms with Gasteiger partial charge in [0.2, 0.25) is 0 Å². The molecule has 228 valence electrons. The molecular weight excluding hydrogens is 581 g/mol. The number of carbonyl (C=O) groups is 3. The Morgan fingerprint density at radius 1 is 1.00 bits per heavy atom. The minimum atomic E-state index is -1.19. The number of hydrogen-bond donors (Lipinski definition) is 0. The van der Waals surface area contributed by atoms with Crippen LogP contribution in [-0.2, 0) is 25.5 Å². The Labute approximate surface area is 278 Å². The molecule has 3 aromatic heterocycles. The number of nitrogens with zero attached hydrogens (tertiary/aromatic N) is 4. The molecule has 2 aliphatic heterocycles. The number of ketones is 1. The zero-order valence-electron chi connectivity index (χ0n) is 26.5. The van der Waals surface area contributed by atoms with E-state index < -0.39 is 11.9 Å². The summed E-state index contributed by atoms with van der Waals surface area (Å²) in [6, 6.07) is 1.72. The predicted octanol–water partition coefficient (Wildman–Crippen LogP) is 3.30. The van der Waals surface area contributed by atoms with Crippen LogP contribution in [0.15, 0.2) is 24.0 Å². The average molecular weight is 615 g/mol. The summed E-state index contributed by atoms with van der Waals surface area (Å²) in [6.45, 7) is 12.2. The van der Waals surface area contributed by atoms with Crippen molar-refractivity contribution < 1.29 is 23.9 Å². The van der Waals surface area contributed by atoms with Crippen molar-refractivity contribution in [3.63, 3.8) is 0 Å². The zero-order valence-corrected chi connectivity index (χ0v) is 27.9. The number of carbonyl (C=O) groups excluding carboxylic acids is 3. The fourth-order valence-corrected chi connectivity index (χ4v) is 6.75. The number of ether oxygens (including phenoxy) is 2. The van der Waals surface area contributed by atoms with Gasteiger partial charge in [-0.25, -0.2) is 0 Å². The van der Waals surface area contributed by atoms with Gasteiger partial charge in [-0.15, -0.1) is 33.5 Å². The third-order valence-electron chi connectivity index (χ3n) is 9.22. The first-order chi connectivity index (χ1) is 21.1. The smallest absolute Gasteiger partial charge is 0.664 e. The molecule has 3 aliphatic rings. The third-order valence-corrected chi connectivity index (χ3v) is 9.22. The van der Waals surface area contributed by atoms with Crippen molar-refractivity contribution in [2.75, 3.05) is 14.2 Å². The molecule has 1 aliphatic carbocycles. The van der Waals surface area contributed by atoms with E-state index in [0.29, 0.717) is 34.6 Å². The van der Waals surface area contributed by atoms with Gasteiger partial charge in [-0.2, -0.15) is 11.4 Å². The molecule has 0 spiro atoms. The third kappa shape index (κ3) is 5.23. The Morgan fingerprint density at radius 3 is 2.42 bits per heavy atom. The molecule has 0 aromatic carbocycles. The number of methoxy groups -OCH3 is 2. The van der Waals surface area contributed by atoms with E-state index in [1.165, 1.54) is 14.2 Å². The van der Waals surface area contributed by atoms with Crippen LogP contribution in [0.5, 0.6) is 0 Å². The Morgan fingerprint density at radius 2 is 1.76 bits per heavy atom. The van der Waals surface area contributed by atoms with Crippen molar-refractivity contribution in [1.82, 2.24) is 15.0 Å². The summed E-state index contributed by atoms with van der Waals surface area (Å²) in [5.74, 6) is -3.02. The first-order valence-electron chi connectivity index (χ1n) is 14.8. The van der Waals surface area contributed by atoms with E-state index in [0.717, 1.165) is 56.5 Å². The second-order valence-electron chi connectivity index (χ2n) is 11.5. The normalized spacial score (nSPS) is 23.9. The summed E-state index contributed by atoms with van der Waals surface area (Å²) in [5.41, 5.74) is 8.59. The maximum absolute atomic E-state index is 13.8. The molecule has 10 heteroatoms. The fraction of sp³-hybridized carbons (Fsp3) is 0.343. The molecule has 3 atom stereocenters. The van der Waals surface area contributed by atoms with Crippen molar-refractivity contribution in [2.45, 2.75) is 47.0 Å². The summed E-state index contributed by atoms with van der Waals surface area (Å²) in [5, 5.41) is 6.66. The topological polar surface area (TPSA) is 126 Å². The van der Waals surface area contributed by atoms with Gasteiger partial charge < -0.3 is 29.7 Å². The van der Waals surface area contributed by atoms with Crippen LogP contribution >= 0.6 is 0 Å². The van der Waals surface area contributed by atoms with E-state index in [9.17, 15) is 14.4 Å². The number of aromatic nitrogens is 3. The standard InChI is InChI=1S/C35H35N4O5.Mg/c1-8-20-16(3)25-15-28-21(9-2)17(4)24(38-28)14-26-18(5)22(10-11-29(40)43-6)32(39-26)30-31(35(42)44-7)34(41)23-12-19(36-33(23)30)13-27(20)37-25;/h9,12-15,18,22,31H,2,8,10-11H2,1,3-7H3,(H-,36,39,41);/q-3;+2/p-1/b25-15-,26-14-,27-13-;/t18-,22-,31+;/m0./s1. The Balaban J connectivity index is 0.00000400. The van der Waals surface area contributed by atoms with Crippen LogP contribution in [0, 0.1) is 31.6 Å². The number of Topliss-reactive ketones (excluding diaryl/α,β-unsaturated/α-hetero) is 1. The minimum Gasteiger partial charge on any atom is -0.664 e. The SMILES string of the molecule is C=Cc1c2[n-]c(c1C)/C=C1\[N-]/C(=C3\c4[n-]c(cc4C(=O)[C@@H]3C(=O)OC)/C=c3\[n-]/c(c(C)c3CC)=C\2)[C@@H](CCC(=O)OC)[C@@H]1C.[Mg+2]. The molecule has 0 saturated carbocycles. The van der Waals surface area contributed by atoms with Gasteiger partial charge in [0.05, 0.1) is 14.2 Å². The van der Waals surface area contributed by atoms with Gasteiger partial charge in [0, 0.05) is 12.0 Å². The fourth-order valence-electron chi connectivity index (χ4n) is 6.75. The van der Waals surface area contributed by atoms with E-state index >= 15 is 0 Å². The second-order valence-corrected chi connectivity index (χ2v) is 11.5. The van der Waals surface area contributed by atoms with Gasteiger partial charge in [0.25, 0.3) is 0 Å². The van der Waals surface area contributed by atoms with Gasteiger partial charge in [-0.05, 0) is 44.1 Å². The average Bonchev–Trinajstić information content (AvgIpc) is 3.77. The molecule has 0 unspecified atom stereocenters. The molecule has 0 N–H and O–H groups in total. The molecule has 1 fully saturated rings. The summed E-state index contributed by atoms with van der Waals surface area (Å²) in [7, 11) is 2.62. The molecule has 1 saturated heterocycles. The van der Waals surface area contributed by atoms with Crippen LogP contribution in [0.1, 0.15) is 82.1 Å². The molecule has 45 heavy (non-hydrogen) atoms. The van der Waals surface area contributed by atoms with Crippen LogP contribution in [0.25, 0.3) is 35.2 Å². The van der Waals surface area contributed by atoms with Crippen molar-refractivity contribution >= 4 is 70.7 Å².